The maximum absolute atomic E-state index is 13.9. The van der Waals surface area contributed by atoms with Gasteiger partial charge in [-0.2, -0.15) is 10.2 Å². The van der Waals surface area contributed by atoms with E-state index >= 15 is 0 Å². The maximum atomic E-state index is 13.9. The zero-order valence-corrected chi connectivity index (χ0v) is 28.2. The Balaban J connectivity index is 1.58. The van der Waals surface area contributed by atoms with E-state index in [9.17, 15) is 18.0 Å². The van der Waals surface area contributed by atoms with Gasteiger partial charge in [0.1, 0.15) is 5.60 Å². The van der Waals surface area contributed by atoms with Crippen LogP contribution in [0.25, 0.3) is 33.3 Å². The number of carboxylic acid groups (broad SMARTS) is 1. The highest BCUT2D eigenvalue weighted by molar-refractivity contribution is 7.90. The van der Waals surface area contributed by atoms with Gasteiger partial charge in [0, 0.05) is 79.5 Å². The van der Waals surface area contributed by atoms with E-state index in [0.29, 0.717) is 47.2 Å². The second-order valence-electron chi connectivity index (χ2n) is 12.6. The van der Waals surface area contributed by atoms with E-state index in [1.54, 1.807) is 87.1 Å². The molecule has 1 N–H and O–H groups in total. The quantitative estimate of drug-likeness (QED) is 0.182. The number of hydrogen-bond donors (Lipinski definition) is 1. The molecule has 4 heterocycles. The van der Waals surface area contributed by atoms with Crippen LogP contribution in [0.2, 0.25) is 0 Å². The Labute approximate surface area is 273 Å². The second kappa shape index (κ2) is 13.0. The van der Waals surface area contributed by atoms with Crippen LogP contribution in [-0.4, -0.2) is 71.7 Å². The van der Waals surface area contributed by atoms with Crippen LogP contribution >= 0.6 is 0 Å². The van der Waals surface area contributed by atoms with E-state index in [1.165, 1.54) is 8.87 Å². The molecule has 0 aliphatic rings. The lowest BCUT2D eigenvalue weighted by atomic mass is 10.0. The van der Waals surface area contributed by atoms with E-state index in [-0.39, 0.29) is 23.5 Å². The van der Waals surface area contributed by atoms with Crippen LogP contribution < -0.4 is 0 Å². The number of unbranched alkanes of at least 4 members (excludes halogenated alkanes) is 1. The summed E-state index contributed by atoms with van der Waals surface area (Å²) in [5.74, 6) is -0.842. The molecule has 0 fully saturated rings. The third-order valence-electron chi connectivity index (χ3n) is 7.47. The first-order valence-electron chi connectivity index (χ1n) is 15.2. The van der Waals surface area contributed by atoms with Crippen molar-refractivity contribution in [2.45, 2.75) is 70.5 Å². The minimum absolute atomic E-state index is 0.0802. The number of aromatic nitrogens is 6. The topological polar surface area (TPSA) is 154 Å². The van der Waals surface area contributed by atoms with Crippen LogP contribution in [0.5, 0.6) is 0 Å². The lowest BCUT2D eigenvalue weighted by molar-refractivity contribution is -0.137. The molecule has 0 aliphatic heterocycles. The number of amides is 1. The summed E-state index contributed by atoms with van der Waals surface area (Å²) in [5.41, 5.74) is 3.85. The van der Waals surface area contributed by atoms with Gasteiger partial charge in [0.2, 0.25) is 0 Å². The number of aliphatic carboxylic acids is 1. The minimum Gasteiger partial charge on any atom is -0.481 e. The van der Waals surface area contributed by atoms with Crippen molar-refractivity contribution in [1.29, 1.82) is 0 Å². The molecule has 1 amide bonds. The predicted octanol–water partition coefficient (Wildman–Crippen LogP) is 5.47. The molecule has 5 aromatic rings. The van der Waals surface area contributed by atoms with Crippen molar-refractivity contribution < 1.29 is 27.9 Å². The Kier molecular flexibility index (Phi) is 9.25. The Morgan fingerprint density at radius 2 is 1.72 bits per heavy atom. The number of rotatable bonds is 11. The van der Waals surface area contributed by atoms with E-state index in [1.807, 2.05) is 25.4 Å². The summed E-state index contributed by atoms with van der Waals surface area (Å²) in [6.07, 6.45) is 9.21. The molecule has 14 heteroatoms. The van der Waals surface area contributed by atoms with E-state index in [2.05, 4.69) is 15.2 Å². The number of carbonyl (C=O) groups excluding carboxylic acids is 1. The number of aryl methyl sites for hydroxylation is 3. The second-order valence-corrected chi connectivity index (χ2v) is 14.4. The zero-order chi connectivity index (χ0) is 34.1. The first kappa shape index (κ1) is 33.4. The molecule has 0 saturated heterocycles. The SMILES string of the molecule is Cc1ccc(S(=O)(=O)n2cc(-c3cnn(CCCCC(=O)O)c3)c3cc(-c4cn(C)nc4CN(C)C(=O)OC(C)(C)C)cnc32)cc1. The minimum atomic E-state index is -4.01. The van der Waals surface area contributed by atoms with Gasteiger partial charge >= 0.3 is 12.1 Å². The van der Waals surface area contributed by atoms with Crippen LogP contribution in [0, 0.1) is 6.92 Å². The predicted molar refractivity (Wildman–Crippen MR) is 176 cm³/mol. The molecule has 1 aromatic carbocycles. The molecule has 0 aliphatic carbocycles. The van der Waals surface area contributed by atoms with Crippen LogP contribution in [0.3, 0.4) is 0 Å². The molecule has 0 bridgehead atoms. The summed E-state index contributed by atoms with van der Waals surface area (Å²) in [7, 11) is -0.588. The highest BCUT2D eigenvalue weighted by Gasteiger charge is 2.26. The molecule has 5 rings (SSSR count). The Morgan fingerprint density at radius 1 is 1.00 bits per heavy atom. The Hall–Kier alpha value is -4.98. The number of ether oxygens (including phenoxy) is 1. The molecule has 248 valence electrons. The smallest absolute Gasteiger partial charge is 0.410 e. The van der Waals surface area contributed by atoms with E-state index < -0.39 is 27.7 Å². The highest BCUT2D eigenvalue weighted by atomic mass is 32.2. The van der Waals surface area contributed by atoms with Gasteiger partial charge in [0.25, 0.3) is 10.0 Å². The summed E-state index contributed by atoms with van der Waals surface area (Å²) in [4.78, 5) is 29.9. The molecule has 0 atom stereocenters. The van der Waals surface area contributed by atoms with Gasteiger partial charge in [-0.3, -0.25) is 14.2 Å². The van der Waals surface area contributed by atoms with Crippen molar-refractivity contribution in [2.24, 2.45) is 7.05 Å². The molecule has 4 aromatic heterocycles. The number of carbonyl (C=O) groups is 2. The van der Waals surface area contributed by atoms with Crippen LogP contribution in [0.1, 0.15) is 51.3 Å². The number of fused-ring (bicyclic) bond motifs is 1. The van der Waals surface area contributed by atoms with Crippen molar-refractivity contribution >= 4 is 33.1 Å². The zero-order valence-electron chi connectivity index (χ0n) is 27.3. The van der Waals surface area contributed by atoms with Crippen LogP contribution in [0.15, 0.2) is 66.2 Å². The van der Waals surface area contributed by atoms with Crippen molar-refractivity contribution in [2.75, 3.05) is 7.05 Å². The third-order valence-corrected chi connectivity index (χ3v) is 9.13. The average molecular weight is 662 g/mol. The van der Waals surface area contributed by atoms with E-state index in [0.717, 1.165) is 11.1 Å². The van der Waals surface area contributed by atoms with Crippen LogP contribution in [-0.2, 0) is 39.7 Å². The number of hydrogen-bond acceptors (Lipinski definition) is 8. The average Bonchev–Trinajstić information content (AvgIpc) is 3.71. The van der Waals surface area contributed by atoms with Gasteiger partial charge in [-0.15, -0.1) is 0 Å². The fraction of sp³-hybridized carbons (Fsp3) is 0.364. The summed E-state index contributed by atoms with van der Waals surface area (Å²) in [6, 6.07) is 8.51. The van der Waals surface area contributed by atoms with Crippen molar-refractivity contribution in [3.05, 3.63) is 72.6 Å². The van der Waals surface area contributed by atoms with Gasteiger partial charge < -0.3 is 14.7 Å². The Bertz CT molecular complexity index is 2040. The third kappa shape index (κ3) is 7.54. The Morgan fingerprint density at radius 3 is 2.40 bits per heavy atom. The van der Waals surface area contributed by atoms with Crippen molar-refractivity contribution in [3.8, 4) is 22.3 Å². The highest BCUT2D eigenvalue weighted by Crippen LogP contribution is 2.35. The van der Waals surface area contributed by atoms with Crippen molar-refractivity contribution in [3.63, 3.8) is 0 Å². The number of nitrogens with zero attached hydrogens (tertiary/aromatic N) is 7. The molecule has 13 nitrogen and oxygen atoms in total. The van der Waals surface area contributed by atoms with Gasteiger partial charge in [-0.25, -0.2) is 22.2 Å². The molecule has 0 radical (unpaired) electrons. The number of pyridine rings is 1. The van der Waals surface area contributed by atoms with Crippen molar-refractivity contribution in [1.82, 2.24) is 33.4 Å². The molecule has 0 unspecified atom stereocenters. The molecule has 47 heavy (non-hydrogen) atoms. The summed E-state index contributed by atoms with van der Waals surface area (Å²) >= 11 is 0. The van der Waals surface area contributed by atoms with E-state index in [4.69, 9.17) is 9.84 Å². The summed E-state index contributed by atoms with van der Waals surface area (Å²) in [6.45, 7) is 7.99. The number of benzene rings is 1. The van der Waals surface area contributed by atoms with Gasteiger partial charge in [-0.05, 0) is 58.7 Å². The fourth-order valence-electron chi connectivity index (χ4n) is 5.16. The van der Waals surface area contributed by atoms with Gasteiger partial charge in [0.05, 0.1) is 23.3 Å². The molecular weight excluding hydrogens is 622 g/mol. The fourth-order valence-corrected chi connectivity index (χ4v) is 6.48. The molecular formula is C33H39N7O6S. The first-order chi connectivity index (χ1) is 22.1. The van der Waals surface area contributed by atoms with Crippen LogP contribution in [0.4, 0.5) is 4.79 Å². The monoisotopic (exact) mass is 661 g/mol. The largest absolute Gasteiger partial charge is 0.481 e. The summed E-state index contributed by atoms with van der Waals surface area (Å²) in [5, 5.41) is 18.6. The lowest BCUT2D eigenvalue weighted by Gasteiger charge is -2.24. The lowest BCUT2D eigenvalue weighted by Crippen LogP contribution is -2.34. The van der Waals surface area contributed by atoms with Gasteiger partial charge in [0.15, 0.2) is 5.65 Å². The maximum Gasteiger partial charge on any atom is 0.410 e. The molecule has 0 saturated carbocycles. The standard InChI is InChI=1S/C33H39N7O6S/c1-22-10-12-25(13-11-22)47(44,45)40-20-27(24-17-35-39(18-24)14-8-7-9-30(41)42)26-15-23(16-34-31(26)40)28-19-38(6)36-29(28)21-37(5)32(43)46-33(2,3)4/h10-13,15-20H,7-9,14,21H2,1-6H3,(H,41,42). The van der Waals surface area contributed by atoms with Gasteiger partial charge in [-0.1, -0.05) is 17.7 Å². The normalized spacial score (nSPS) is 12.0. The summed E-state index contributed by atoms with van der Waals surface area (Å²) < 4.78 is 37.9. The number of carboxylic acids is 1. The molecule has 0 spiro atoms. The first-order valence-corrected chi connectivity index (χ1v) is 16.6.